The number of aromatic nitrogens is 2. The first-order valence-corrected chi connectivity index (χ1v) is 8.04. The van der Waals surface area contributed by atoms with Crippen LogP contribution in [0.5, 0.6) is 0 Å². The first-order valence-electron chi connectivity index (χ1n) is 6.22. The molecule has 0 atom stereocenters. The molecule has 19 heavy (non-hydrogen) atoms. The van der Waals surface area contributed by atoms with E-state index in [2.05, 4.69) is 58.8 Å². The maximum atomic E-state index is 4.65. The molecule has 0 saturated heterocycles. The molecule has 0 amide bonds. The van der Waals surface area contributed by atoms with Gasteiger partial charge in [-0.05, 0) is 20.8 Å². The van der Waals surface area contributed by atoms with Crippen LogP contribution in [0.2, 0.25) is 0 Å². The zero-order chi connectivity index (χ0) is 13.9. The molecule has 2 heterocycles. The van der Waals surface area contributed by atoms with Gasteiger partial charge in [0.15, 0.2) is 5.13 Å². The van der Waals surface area contributed by atoms with Crippen LogP contribution in [0.1, 0.15) is 32.2 Å². The summed E-state index contributed by atoms with van der Waals surface area (Å²) in [4.78, 5) is 11.1. The zero-order valence-electron chi connectivity index (χ0n) is 11.8. The van der Waals surface area contributed by atoms with Gasteiger partial charge >= 0.3 is 0 Å². The molecule has 0 aliphatic heterocycles. The number of rotatable bonds is 5. The van der Waals surface area contributed by atoms with Gasteiger partial charge in [0.1, 0.15) is 0 Å². The van der Waals surface area contributed by atoms with E-state index in [-0.39, 0.29) is 5.54 Å². The van der Waals surface area contributed by atoms with Crippen LogP contribution in [0.25, 0.3) is 0 Å². The van der Waals surface area contributed by atoms with Gasteiger partial charge in [0.25, 0.3) is 0 Å². The highest BCUT2D eigenvalue weighted by Gasteiger charge is 2.12. The number of nitrogens with zero attached hydrogens (tertiary/aromatic N) is 3. The second-order valence-electron chi connectivity index (χ2n) is 5.56. The van der Waals surface area contributed by atoms with Crippen molar-refractivity contribution in [3.05, 3.63) is 27.7 Å². The van der Waals surface area contributed by atoms with Crippen LogP contribution >= 0.6 is 22.7 Å². The van der Waals surface area contributed by atoms with E-state index >= 15 is 0 Å². The quantitative estimate of drug-likeness (QED) is 0.920. The Bertz CT molecular complexity index is 499. The summed E-state index contributed by atoms with van der Waals surface area (Å²) < 4.78 is 0. The van der Waals surface area contributed by atoms with E-state index < -0.39 is 0 Å². The Morgan fingerprint density at radius 3 is 2.68 bits per heavy atom. The average molecular weight is 296 g/mol. The molecule has 6 heteroatoms. The number of hydrogen-bond donors (Lipinski definition) is 1. The molecule has 2 aromatic rings. The fourth-order valence-corrected chi connectivity index (χ4v) is 2.88. The Morgan fingerprint density at radius 1 is 1.26 bits per heavy atom. The van der Waals surface area contributed by atoms with E-state index in [1.807, 2.05) is 5.51 Å². The molecule has 0 bridgehead atoms. The van der Waals surface area contributed by atoms with Gasteiger partial charge in [-0.2, -0.15) is 0 Å². The van der Waals surface area contributed by atoms with E-state index in [0.717, 1.165) is 29.6 Å². The Labute approximate surface area is 122 Å². The normalized spacial score (nSPS) is 11.8. The van der Waals surface area contributed by atoms with Gasteiger partial charge in [-0.3, -0.25) is 0 Å². The molecule has 0 spiro atoms. The number of anilines is 1. The van der Waals surface area contributed by atoms with Crippen molar-refractivity contribution < 1.29 is 0 Å². The molecule has 0 aliphatic rings. The molecule has 0 fully saturated rings. The molecule has 0 aliphatic carbocycles. The molecule has 0 unspecified atom stereocenters. The third-order valence-corrected chi connectivity index (χ3v) is 4.19. The molecule has 1 N–H and O–H groups in total. The van der Waals surface area contributed by atoms with Crippen LogP contribution < -0.4 is 10.2 Å². The molecular formula is C13H20N4S2. The summed E-state index contributed by atoms with van der Waals surface area (Å²) in [6.45, 7) is 8.10. The van der Waals surface area contributed by atoms with Gasteiger partial charge < -0.3 is 10.2 Å². The molecule has 104 valence electrons. The predicted octanol–water partition coefficient (Wildman–Crippen LogP) is 3.12. The minimum absolute atomic E-state index is 0.121. The van der Waals surface area contributed by atoms with Gasteiger partial charge in [0.2, 0.25) is 0 Å². The summed E-state index contributed by atoms with van der Waals surface area (Å²) in [5.74, 6) is 0. The van der Waals surface area contributed by atoms with E-state index in [4.69, 9.17) is 0 Å². The van der Waals surface area contributed by atoms with E-state index in [1.54, 1.807) is 22.7 Å². The fraction of sp³-hybridized carbons (Fsp3) is 0.538. The summed E-state index contributed by atoms with van der Waals surface area (Å²) in [7, 11) is 2.05. The largest absolute Gasteiger partial charge is 0.345 e. The van der Waals surface area contributed by atoms with E-state index in [9.17, 15) is 0 Å². The van der Waals surface area contributed by atoms with Crippen molar-refractivity contribution in [2.45, 2.75) is 39.4 Å². The average Bonchev–Trinajstić information content (AvgIpc) is 2.95. The van der Waals surface area contributed by atoms with E-state index in [0.29, 0.717) is 0 Å². The van der Waals surface area contributed by atoms with Crippen LogP contribution in [0.4, 0.5) is 5.13 Å². The topological polar surface area (TPSA) is 41.1 Å². The van der Waals surface area contributed by atoms with Crippen molar-refractivity contribution in [3.63, 3.8) is 0 Å². The predicted molar refractivity (Wildman–Crippen MR) is 82.9 cm³/mol. The maximum Gasteiger partial charge on any atom is 0.185 e. The van der Waals surface area contributed by atoms with E-state index in [1.165, 1.54) is 0 Å². The molecule has 0 saturated carbocycles. The van der Waals surface area contributed by atoms with Gasteiger partial charge in [-0.1, -0.05) is 0 Å². The minimum Gasteiger partial charge on any atom is -0.345 e. The monoisotopic (exact) mass is 296 g/mol. The Hall–Kier alpha value is -0.980. The van der Waals surface area contributed by atoms with Gasteiger partial charge in [0, 0.05) is 29.9 Å². The lowest BCUT2D eigenvalue weighted by Gasteiger charge is -2.19. The SMILES string of the molecule is CN(Cc1cscn1)c1nc(CNC(C)(C)C)cs1. The Balaban J connectivity index is 1.92. The van der Waals surface area contributed by atoms with Crippen LogP contribution in [-0.2, 0) is 13.1 Å². The Kier molecular flexibility index (Phi) is 4.54. The minimum atomic E-state index is 0.121. The van der Waals surface area contributed by atoms with Crippen LogP contribution in [0.15, 0.2) is 16.3 Å². The highest BCUT2D eigenvalue weighted by atomic mass is 32.1. The summed E-state index contributed by atoms with van der Waals surface area (Å²) in [5, 5.41) is 8.68. The number of thiazole rings is 2. The van der Waals surface area contributed by atoms with Crippen molar-refractivity contribution in [1.82, 2.24) is 15.3 Å². The standard InChI is InChI=1S/C13H20N4S2/c1-13(2,3)15-5-10-8-19-12(16-10)17(4)6-11-7-18-9-14-11/h7-9,15H,5-6H2,1-4H3. The molecule has 0 radical (unpaired) electrons. The second kappa shape index (κ2) is 5.98. The van der Waals surface area contributed by atoms with Crippen molar-refractivity contribution >= 4 is 27.8 Å². The molecule has 2 aromatic heterocycles. The van der Waals surface area contributed by atoms with Crippen LogP contribution in [0, 0.1) is 0 Å². The van der Waals surface area contributed by atoms with Crippen LogP contribution in [0.3, 0.4) is 0 Å². The van der Waals surface area contributed by atoms with Gasteiger partial charge in [-0.15, -0.1) is 22.7 Å². The highest BCUT2D eigenvalue weighted by Crippen LogP contribution is 2.21. The molecular weight excluding hydrogens is 276 g/mol. The third-order valence-electron chi connectivity index (χ3n) is 2.55. The highest BCUT2D eigenvalue weighted by molar-refractivity contribution is 7.13. The fourth-order valence-electron chi connectivity index (χ4n) is 1.53. The molecule has 4 nitrogen and oxygen atoms in total. The first kappa shape index (κ1) is 14.4. The van der Waals surface area contributed by atoms with Crippen molar-refractivity contribution in [2.75, 3.05) is 11.9 Å². The number of nitrogens with one attached hydrogen (secondary N) is 1. The summed E-state index contributed by atoms with van der Waals surface area (Å²) in [6, 6.07) is 0. The summed E-state index contributed by atoms with van der Waals surface area (Å²) >= 11 is 3.31. The van der Waals surface area contributed by atoms with Crippen molar-refractivity contribution in [3.8, 4) is 0 Å². The Morgan fingerprint density at radius 2 is 2.05 bits per heavy atom. The van der Waals surface area contributed by atoms with Crippen LogP contribution in [-0.4, -0.2) is 22.6 Å². The first-order chi connectivity index (χ1) is 8.94. The number of hydrogen-bond acceptors (Lipinski definition) is 6. The van der Waals surface area contributed by atoms with Crippen molar-refractivity contribution in [2.24, 2.45) is 0 Å². The van der Waals surface area contributed by atoms with Gasteiger partial charge in [-0.25, -0.2) is 9.97 Å². The van der Waals surface area contributed by atoms with Crippen molar-refractivity contribution in [1.29, 1.82) is 0 Å². The second-order valence-corrected chi connectivity index (χ2v) is 7.12. The van der Waals surface area contributed by atoms with Gasteiger partial charge in [0.05, 0.1) is 23.4 Å². The lowest BCUT2D eigenvalue weighted by atomic mass is 10.1. The third kappa shape index (κ3) is 4.56. The molecule has 0 aromatic carbocycles. The summed E-state index contributed by atoms with van der Waals surface area (Å²) in [6.07, 6.45) is 0. The smallest absolute Gasteiger partial charge is 0.185 e. The lowest BCUT2D eigenvalue weighted by molar-refractivity contribution is 0.422. The maximum absolute atomic E-state index is 4.65. The lowest BCUT2D eigenvalue weighted by Crippen LogP contribution is -2.35. The molecule has 2 rings (SSSR count). The summed E-state index contributed by atoms with van der Waals surface area (Å²) in [5.41, 5.74) is 4.18. The zero-order valence-corrected chi connectivity index (χ0v) is 13.4.